The van der Waals surface area contributed by atoms with Crippen molar-refractivity contribution in [1.82, 2.24) is 9.97 Å². The number of fused-ring (bicyclic) bond motifs is 6. The van der Waals surface area contributed by atoms with E-state index in [0.29, 0.717) is 0 Å². The summed E-state index contributed by atoms with van der Waals surface area (Å²) in [6.07, 6.45) is 0. The van der Waals surface area contributed by atoms with Gasteiger partial charge < -0.3 is 0 Å². The summed E-state index contributed by atoms with van der Waals surface area (Å²) in [5, 5.41) is 5.79. The number of benzene rings is 5. The summed E-state index contributed by atoms with van der Waals surface area (Å²) in [6, 6.07) is 30.1. The zero-order chi connectivity index (χ0) is 27.8. The van der Waals surface area contributed by atoms with Crippen LogP contribution in [0.25, 0.3) is 66.0 Å². The monoisotopic (exact) mass is 582 g/mol. The van der Waals surface area contributed by atoms with Crippen molar-refractivity contribution in [2.24, 2.45) is 0 Å². The summed E-state index contributed by atoms with van der Waals surface area (Å²) in [6.45, 7) is 6.56. The molecule has 7 rings (SSSR count). The second kappa shape index (κ2) is 9.04. The van der Waals surface area contributed by atoms with Crippen LogP contribution < -0.4 is 4.40 Å². The molecule has 0 unspecified atom stereocenters. The molecule has 196 valence electrons. The molecular formula is C36H32GeN2O. The van der Waals surface area contributed by atoms with Gasteiger partial charge in [-0.3, -0.25) is 0 Å². The van der Waals surface area contributed by atoms with Gasteiger partial charge >= 0.3 is 202 Å². The van der Waals surface area contributed by atoms with E-state index >= 15 is 0 Å². The second-order valence-electron chi connectivity index (χ2n) is 12.0. The van der Waals surface area contributed by atoms with Crippen molar-refractivity contribution < 1.29 is 4.42 Å². The Morgan fingerprint density at radius 3 is 2.23 bits per heavy atom. The van der Waals surface area contributed by atoms with E-state index in [1.165, 1.54) is 27.5 Å². The van der Waals surface area contributed by atoms with Crippen LogP contribution in [0.15, 0.2) is 89.3 Å². The third kappa shape index (κ3) is 3.87. The first kappa shape index (κ1) is 25.0. The number of furan rings is 1. The van der Waals surface area contributed by atoms with Crippen LogP contribution in [0.1, 0.15) is 17.0 Å². The standard InChI is InChI=1S/C36H32GeN2O/c1-21-19-26-16-18-29-34(38-23(3)39-35(29)32(26)22(2)33(21)37(4,5)6)30-14-10-13-28-27-17-15-25(20-31(27)40-36(28)30)24-11-8-7-9-12-24/h7-20H,1-6H3. The SMILES string of the molecule is Cc1nc(-c2cccc3c2oc2cc(-c4ccccc4)ccc23)c2ccc3cc(C)[c]([Ge]([CH3])([CH3])[CH3])c(C)c3c2n1. The van der Waals surface area contributed by atoms with Crippen molar-refractivity contribution >= 4 is 61.3 Å². The number of para-hydroxylation sites is 1. The number of aryl methyl sites for hydroxylation is 3. The Morgan fingerprint density at radius 2 is 1.45 bits per heavy atom. The van der Waals surface area contributed by atoms with Crippen molar-refractivity contribution in [3.63, 3.8) is 0 Å². The Hall–Kier alpha value is -3.96. The molecule has 0 fully saturated rings. The molecule has 2 aromatic heterocycles. The summed E-state index contributed by atoms with van der Waals surface area (Å²) >= 11 is -2.12. The van der Waals surface area contributed by atoms with E-state index in [1.54, 1.807) is 4.40 Å². The molecule has 0 amide bonds. The predicted octanol–water partition coefficient (Wildman–Crippen LogP) is 9.49. The molecule has 0 bridgehead atoms. The molecule has 0 aliphatic carbocycles. The molecule has 0 aliphatic heterocycles. The predicted molar refractivity (Wildman–Crippen MR) is 172 cm³/mol. The third-order valence-electron chi connectivity index (χ3n) is 8.14. The van der Waals surface area contributed by atoms with Crippen LogP contribution in [0.5, 0.6) is 0 Å². The number of hydrogen-bond acceptors (Lipinski definition) is 3. The average Bonchev–Trinajstić information content (AvgIpc) is 3.30. The van der Waals surface area contributed by atoms with E-state index < -0.39 is 13.3 Å². The Labute approximate surface area is 237 Å². The minimum absolute atomic E-state index is 0.772. The molecule has 4 heteroatoms. The van der Waals surface area contributed by atoms with Gasteiger partial charge in [-0.05, 0) is 5.56 Å². The van der Waals surface area contributed by atoms with Gasteiger partial charge in [0.05, 0.1) is 0 Å². The van der Waals surface area contributed by atoms with E-state index in [-0.39, 0.29) is 0 Å². The molecule has 0 radical (unpaired) electrons. The zero-order valence-corrected chi connectivity index (χ0v) is 26.0. The summed E-state index contributed by atoms with van der Waals surface area (Å²) in [7, 11) is 0. The third-order valence-corrected chi connectivity index (χ3v) is 12.9. The molecule has 0 spiro atoms. The number of rotatable bonds is 3. The Morgan fingerprint density at radius 1 is 0.675 bits per heavy atom. The first-order chi connectivity index (χ1) is 19.2. The van der Waals surface area contributed by atoms with Gasteiger partial charge in [0.25, 0.3) is 0 Å². The fourth-order valence-electron chi connectivity index (χ4n) is 6.72. The average molecular weight is 581 g/mol. The van der Waals surface area contributed by atoms with Gasteiger partial charge in [0.1, 0.15) is 0 Å². The van der Waals surface area contributed by atoms with Gasteiger partial charge in [-0.1, -0.05) is 30.3 Å². The van der Waals surface area contributed by atoms with Crippen molar-refractivity contribution in [2.45, 2.75) is 38.0 Å². The number of nitrogens with zero attached hydrogens (tertiary/aromatic N) is 2. The molecule has 3 nitrogen and oxygen atoms in total. The Balaban J connectivity index is 1.51. The summed E-state index contributed by atoms with van der Waals surface area (Å²) in [5.41, 5.74) is 9.83. The molecular weight excluding hydrogens is 549 g/mol. The van der Waals surface area contributed by atoms with Crippen molar-refractivity contribution in [1.29, 1.82) is 0 Å². The van der Waals surface area contributed by atoms with Gasteiger partial charge in [-0.2, -0.15) is 0 Å². The maximum absolute atomic E-state index is 6.63. The maximum atomic E-state index is 6.63. The minimum atomic E-state index is -2.12. The second-order valence-corrected chi connectivity index (χ2v) is 22.5. The summed E-state index contributed by atoms with van der Waals surface area (Å²) < 4.78 is 8.20. The first-order valence-electron chi connectivity index (χ1n) is 13.9. The van der Waals surface area contributed by atoms with Crippen LogP contribution in [0.3, 0.4) is 0 Å². The normalized spacial score (nSPS) is 12.2. The molecule has 0 aliphatic rings. The Kier molecular flexibility index (Phi) is 5.66. The van der Waals surface area contributed by atoms with Gasteiger partial charge in [0, 0.05) is 0 Å². The van der Waals surface area contributed by atoms with Crippen LogP contribution in [0.2, 0.25) is 17.3 Å². The molecule has 5 aromatic carbocycles. The van der Waals surface area contributed by atoms with Crippen molar-refractivity contribution in [2.75, 3.05) is 0 Å². The van der Waals surface area contributed by atoms with Crippen molar-refractivity contribution in [3.05, 3.63) is 102 Å². The molecule has 2 heterocycles. The molecule has 0 atom stereocenters. The molecule has 0 saturated heterocycles. The van der Waals surface area contributed by atoms with Crippen LogP contribution in [-0.2, 0) is 0 Å². The Bertz CT molecular complexity index is 2120. The number of aromatic nitrogens is 2. The summed E-state index contributed by atoms with van der Waals surface area (Å²) in [5.74, 6) is 8.20. The van der Waals surface area contributed by atoms with Crippen molar-refractivity contribution in [3.8, 4) is 22.4 Å². The van der Waals surface area contributed by atoms with Gasteiger partial charge in [0.2, 0.25) is 0 Å². The van der Waals surface area contributed by atoms with Crippen LogP contribution in [0, 0.1) is 20.8 Å². The van der Waals surface area contributed by atoms with Gasteiger partial charge in [-0.25, -0.2) is 0 Å². The van der Waals surface area contributed by atoms with Crippen LogP contribution in [0.4, 0.5) is 0 Å². The zero-order valence-electron chi connectivity index (χ0n) is 23.9. The number of hydrogen-bond donors (Lipinski definition) is 0. The fourth-order valence-corrected chi connectivity index (χ4v) is 12.0. The van der Waals surface area contributed by atoms with E-state index in [0.717, 1.165) is 55.5 Å². The van der Waals surface area contributed by atoms with E-state index in [9.17, 15) is 0 Å². The molecule has 7 aromatic rings. The quantitative estimate of drug-likeness (QED) is 0.154. The molecule has 40 heavy (non-hydrogen) atoms. The van der Waals surface area contributed by atoms with E-state index in [2.05, 4.69) is 110 Å². The molecule has 0 N–H and O–H groups in total. The van der Waals surface area contributed by atoms with E-state index in [4.69, 9.17) is 14.4 Å². The van der Waals surface area contributed by atoms with Crippen LogP contribution >= 0.6 is 0 Å². The summed E-state index contributed by atoms with van der Waals surface area (Å²) in [4.78, 5) is 10.1. The van der Waals surface area contributed by atoms with Crippen LogP contribution in [-0.4, -0.2) is 23.2 Å². The van der Waals surface area contributed by atoms with Gasteiger partial charge in [-0.15, -0.1) is 0 Å². The topological polar surface area (TPSA) is 38.9 Å². The fraction of sp³-hybridized carbons (Fsp3) is 0.167. The molecule has 0 saturated carbocycles. The first-order valence-corrected chi connectivity index (χ1v) is 21.3. The van der Waals surface area contributed by atoms with Gasteiger partial charge in [0.15, 0.2) is 0 Å². The van der Waals surface area contributed by atoms with E-state index in [1.807, 2.05) is 13.0 Å².